The first-order valence-electron chi connectivity index (χ1n) is 4.58. The Morgan fingerprint density at radius 1 is 1.18 bits per heavy atom. The van der Waals surface area contributed by atoms with Crippen molar-refractivity contribution in [2.45, 2.75) is 44.6 Å². The van der Waals surface area contributed by atoms with Crippen LogP contribution < -0.4 is 0 Å². The Kier molecular flexibility index (Phi) is 3.87. The van der Waals surface area contributed by atoms with E-state index in [4.69, 9.17) is 0 Å². The summed E-state index contributed by atoms with van der Waals surface area (Å²) in [4.78, 5) is 0. The maximum absolute atomic E-state index is 11.3. The molecule has 1 atom stereocenters. The molecule has 1 saturated carbocycles. The molecule has 1 aliphatic rings. The summed E-state index contributed by atoms with van der Waals surface area (Å²) >= 11 is 0. The van der Waals surface area contributed by atoms with E-state index in [-0.39, 0.29) is 6.61 Å². The third-order valence-corrected chi connectivity index (χ3v) is 2.58. The molecular formula is C9H16O2. The molecule has 0 aliphatic heterocycles. The first-order chi connectivity index (χ1) is 5.34. The van der Waals surface area contributed by atoms with Crippen LogP contribution in [0.4, 0.5) is 0 Å². The molecule has 1 unspecified atom stereocenters. The predicted molar refractivity (Wildman–Crippen MR) is 41.2 cm³/mol. The zero-order chi connectivity index (χ0) is 8.10. The second-order valence-electron chi connectivity index (χ2n) is 3.43. The van der Waals surface area contributed by atoms with Crippen molar-refractivity contribution in [1.29, 1.82) is 0 Å². The summed E-state index contributed by atoms with van der Waals surface area (Å²) in [5.41, 5.74) is 0. The molecule has 0 spiro atoms. The Hall–Kier alpha value is -0.0800. The van der Waals surface area contributed by atoms with Crippen molar-refractivity contribution in [2.75, 3.05) is 6.61 Å². The van der Waals surface area contributed by atoms with Gasteiger partial charge in [0.1, 0.15) is 0 Å². The molecule has 2 nitrogen and oxygen atoms in total. The molecule has 2 radical (unpaired) electrons. The Balaban J connectivity index is 2.21. The fourth-order valence-electron chi connectivity index (χ4n) is 1.86. The van der Waals surface area contributed by atoms with Crippen LogP contribution in [0.1, 0.15) is 38.5 Å². The standard InChI is InChI=1S/C9H16O2/c10-7-6-9(11)8-4-2-1-3-5-8/h8-9H,1-7H2. The Bertz CT molecular complexity index is 97.7. The highest BCUT2D eigenvalue weighted by molar-refractivity contribution is 4.72. The Labute approximate surface area is 68.2 Å². The second-order valence-corrected chi connectivity index (χ2v) is 3.43. The van der Waals surface area contributed by atoms with Crippen LogP contribution in [0.3, 0.4) is 0 Å². The Morgan fingerprint density at radius 3 is 2.36 bits per heavy atom. The van der Waals surface area contributed by atoms with Gasteiger partial charge in [-0.15, -0.1) is 0 Å². The second kappa shape index (κ2) is 4.73. The molecule has 0 heterocycles. The summed E-state index contributed by atoms with van der Waals surface area (Å²) < 4.78 is 0. The number of hydrogen-bond donors (Lipinski definition) is 0. The molecule has 2 heteroatoms. The number of hydrogen-bond acceptors (Lipinski definition) is 0. The zero-order valence-corrected chi connectivity index (χ0v) is 6.92. The van der Waals surface area contributed by atoms with Crippen molar-refractivity contribution in [2.24, 2.45) is 5.92 Å². The van der Waals surface area contributed by atoms with Crippen LogP contribution >= 0.6 is 0 Å². The molecule has 0 saturated heterocycles. The third-order valence-electron chi connectivity index (χ3n) is 2.58. The summed E-state index contributed by atoms with van der Waals surface area (Å²) in [6, 6.07) is 0. The lowest BCUT2D eigenvalue weighted by molar-refractivity contribution is -0.00357. The first-order valence-corrected chi connectivity index (χ1v) is 4.58. The maximum atomic E-state index is 11.3. The van der Waals surface area contributed by atoms with Crippen molar-refractivity contribution < 1.29 is 10.2 Å². The van der Waals surface area contributed by atoms with Crippen LogP contribution in [-0.2, 0) is 10.2 Å². The van der Waals surface area contributed by atoms with Crippen LogP contribution in [0.15, 0.2) is 0 Å². The lowest BCUT2D eigenvalue weighted by Gasteiger charge is -2.24. The molecule has 64 valence electrons. The summed E-state index contributed by atoms with van der Waals surface area (Å²) in [5, 5.41) is 21.5. The molecule has 0 amide bonds. The molecule has 1 fully saturated rings. The third kappa shape index (κ3) is 2.80. The van der Waals surface area contributed by atoms with E-state index in [1.54, 1.807) is 0 Å². The van der Waals surface area contributed by atoms with E-state index >= 15 is 0 Å². The van der Waals surface area contributed by atoms with E-state index < -0.39 is 6.10 Å². The highest BCUT2D eigenvalue weighted by Crippen LogP contribution is 2.27. The van der Waals surface area contributed by atoms with E-state index in [1.807, 2.05) is 0 Å². The van der Waals surface area contributed by atoms with Gasteiger partial charge in [-0.05, 0) is 18.8 Å². The largest absolute Gasteiger partial charge is 0.237 e. The van der Waals surface area contributed by atoms with E-state index in [0.29, 0.717) is 12.3 Å². The SMILES string of the molecule is [O]CCC([O])C1CCCCC1. The monoisotopic (exact) mass is 156 g/mol. The van der Waals surface area contributed by atoms with Crippen molar-refractivity contribution in [3.8, 4) is 0 Å². The minimum Gasteiger partial charge on any atom is -0.237 e. The van der Waals surface area contributed by atoms with Gasteiger partial charge in [0.2, 0.25) is 0 Å². The van der Waals surface area contributed by atoms with Crippen molar-refractivity contribution in [3.05, 3.63) is 0 Å². The molecule has 0 aromatic heterocycles. The van der Waals surface area contributed by atoms with Gasteiger partial charge < -0.3 is 0 Å². The minimum absolute atomic E-state index is 0.190. The summed E-state index contributed by atoms with van der Waals surface area (Å²) in [6.07, 6.45) is 5.57. The van der Waals surface area contributed by atoms with E-state index in [2.05, 4.69) is 0 Å². The molecule has 1 rings (SSSR count). The predicted octanol–water partition coefficient (Wildman–Crippen LogP) is 2.19. The van der Waals surface area contributed by atoms with Crippen LogP contribution in [0, 0.1) is 5.92 Å². The van der Waals surface area contributed by atoms with Crippen LogP contribution in [0.25, 0.3) is 0 Å². The zero-order valence-electron chi connectivity index (χ0n) is 6.92. The van der Waals surface area contributed by atoms with Gasteiger partial charge in [-0.1, -0.05) is 19.3 Å². The van der Waals surface area contributed by atoms with Crippen molar-refractivity contribution in [3.63, 3.8) is 0 Å². The summed E-state index contributed by atoms with van der Waals surface area (Å²) in [5.74, 6) is 0.317. The van der Waals surface area contributed by atoms with E-state index in [0.717, 1.165) is 12.8 Å². The van der Waals surface area contributed by atoms with Crippen LogP contribution in [0.5, 0.6) is 0 Å². The van der Waals surface area contributed by atoms with Gasteiger partial charge in [0.25, 0.3) is 0 Å². The first kappa shape index (κ1) is 9.01. The lowest BCUT2D eigenvalue weighted by Crippen LogP contribution is -2.22. The molecule has 0 aromatic rings. The Morgan fingerprint density at radius 2 is 1.82 bits per heavy atom. The van der Waals surface area contributed by atoms with Crippen molar-refractivity contribution >= 4 is 0 Å². The van der Waals surface area contributed by atoms with E-state index in [1.165, 1.54) is 19.3 Å². The quantitative estimate of drug-likeness (QED) is 0.601. The van der Waals surface area contributed by atoms with Gasteiger partial charge in [-0.3, -0.25) is 0 Å². The molecule has 0 bridgehead atoms. The average molecular weight is 156 g/mol. The summed E-state index contributed by atoms with van der Waals surface area (Å²) in [6.45, 7) is -0.190. The minimum atomic E-state index is -0.562. The van der Waals surface area contributed by atoms with Gasteiger partial charge in [0.15, 0.2) is 0 Å². The van der Waals surface area contributed by atoms with Gasteiger partial charge in [0, 0.05) is 6.42 Å². The van der Waals surface area contributed by atoms with Gasteiger partial charge in [-0.2, -0.15) is 0 Å². The highest BCUT2D eigenvalue weighted by Gasteiger charge is 2.22. The van der Waals surface area contributed by atoms with Crippen LogP contribution in [0.2, 0.25) is 0 Å². The summed E-state index contributed by atoms with van der Waals surface area (Å²) in [7, 11) is 0. The van der Waals surface area contributed by atoms with E-state index in [9.17, 15) is 10.2 Å². The topological polar surface area (TPSA) is 39.8 Å². The average Bonchev–Trinajstić information content (AvgIpc) is 2.07. The molecule has 1 aliphatic carbocycles. The lowest BCUT2D eigenvalue weighted by atomic mass is 9.84. The molecule has 11 heavy (non-hydrogen) atoms. The molecular weight excluding hydrogens is 140 g/mol. The maximum Gasteiger partial charge on any atom is 0.0981 e. The number of rotatable bonds is 3. The normalized spacial score (nSPS) is 23.5. The van der Waals surface area contributed by atoms with Crippen LogP contribution in [-0.4, -0.2) is 12.7 Å². The highest BCUT2D eigenvalue weighted by atomic mass is 16.3. The van der Waals surface area contributed by atoms with Gasteiger partial charge in [0.05, 0.1) is 12.7 Å². The van der Waals surface area contributed by atoms with Gasteiger partial charge in [-0.25, -0.2) is 10.2 Å². The van der Waals surface area contributed by atoms with Crippen molar-refractivity contribution in [1.82, 2.24) is 0 Å². The fourth-order valence-corrected chi connectivity index (χ4v) is 1.86. The molecule has 0 aromatic carbocycles. The molecule has 0 N–H and O–H groups in total. The van der Waals surface area contributed by atoms with Gasteiger partial charge >= 0.3 is 0 Å². The smallest absolute Gasteiger partial charge is 0.0981 e. The fraction of sp³-hybridized carbons (Fsp3) is 1.00.